The molecule has 1 heterocycles. The summed E-state index contributed by atoms with van der Waals surface area (Å²) in [5.41, 5.74) is -0.0960. The molecule has 0 aromatic rings. The molecule has 6 heteroatoms. The van der Waals surface area contributed by atoms with Crippen molar-refractivity contribution in [3.63, 3.8) is 0 Å². The Morgan fingerprint density at radius 2 is 2.12 bits per heavy atom. The van der Waals surface area contributed by atoms with Gasteiger partial charge in [0.2, 0.25) is 6.10 Å². The lowest BCUT2D eigenvalue weighted by molar-refractivity contribution is -0.143. The van der Waals surface area contributed by atoms with E-state index < -0.39 is 12.1 Å². The number of hydrogen-bond acceptors (Lipinski definition) is 4. The molecule has 1 rings (SSSR count). The minimum absolute atomic E-state index is 0.0403. The van der Waals surface area contributed by atoms with E-state index in [0.717, 1.165) is 12.8 Å². The molecule has 96 valence electrons. The van der Waals surface area contributed by atoms with Gasteiger partial charge in [0.25, 0.3) is 5.91 Å². The Balaban J connectivity index is 2.59. The van der Waals surface area contributed by atoms with E-state index in [2.05, 4.69) is 5.16 Å². The predicted octanol–water partition coefficient (Wildman–Crippen LogP) is 0.863. The van der Waals surface area contributed by atoms with Crippen molar-refractivity contribution in [1.29, 1.82) is 0 Å². The van der Waals surface area contributed by atoms with E-state index >= 15 is 0 Å². The van der Waals surface area contributed by atoms with Crippen LogP contribution in [0, 0.1) is 0 Å². The minimum atomic E-state index is -1.13. The number of carboxylic acid groups (broad SMARTS) is 1. The van der Waals surface area contributed by atoms with Crippen LogP contribution in [0.3, 0.4) is 0 Å². The lowest BCUT2D eigenvalue weighted by atomic mass is 10.1. The fourth-order valence-electron chi connectivity index (χ4n) is 1.88. The van der Waals surface area contributed by atoms with Gasteiger partial charge in [-0.05, 0) is 12.8 Å². The second-order valence-electron chi connectivity index (χ2n) is 4.06. The first kappa shape index (κ1) is 13.5. The Morgan fingerprint density at radius 1 is 1.53 bits per heavy atom. The van der Waals surface area contributed by atoms with Crippen molar-refractivity contribution in [3.05, 3.63) is 0 Å². The molecule has 0 bridgehead atoms. The third kappa shape index (κ3) is 2.95. The maximum Gasteiger partial charge on any atom is 0.353 e. The number of carbonyl (C=O) groups is 2. The summed E-state index contributed by atoms with van der Waals surface area (Å²) < 4.78 is 0. The van der Waals surface area contributed by atoms with Gasteiger partial charge in [0.15, 0.2) is 5.71 Å². The van der Waals surface area contributed by atoms with Crippen LogP contribution < -0.4 is 0 Å². The Labute approximate surface area is 100 Å². The van der Waals surface area contributed by atoms with Gasteiger partial charge in [-0.25, -0.2) is 4.79 Å². The van der Waals surface area contributed by atoms with Crippen molar-refractivity contribution < 1.29 is 19.5 Å². The third-order valence-electron chi connectivity index (χ3n) is 3.03. The van der Waals surface area contributed by atoms with Crippen molar-refractivity contribution in [2.75, 3.05) is 7.05 Å². The Hall–Kier alpha value is -1.59. The van der Waals surface area contributed by atoms with Gasteiger partial charge < -0.3 is 14.8 Å². The molecule has 0 spiro atoms. The van der Waals surface area contributed by atoms with E-state index in [9.17, 15) is 9.59 Å². The topological polar surface area (TPSA) is 79.2 Å². The lowest BCUT2D eigenvalue weighted by Crippen LogP contribution is -2.42. The molecule has 0 aliphatic carbocycles. The van der Waals surface area contributed by atoms with Gasteiger partial charge in [-0.1, -0.05) is 19.0 Å². The van der Waals surface area contributed by atoms with Crippen LogP contribution in [0.2, 0.25) is 0 Å². The quantitative estimate of drug-likeness (QED) is 0.775. The maximum atomic E-state index is 12.0. The summed E-state index contributed by atoms with van der Waals surface area (Å²) in [6.45, 7) is 4.01. The van der Waals surface area contributed by atoms with Gasteiger partial charge in [-0.2, -0.15) is 0 Å². The monoisotopic (exact) mass is 242 g/mol. The molecule has 1 unspecified atom stereocenters. The van der Waals surface area contributed by atoms with Gasteiger partial charge in [-0.3, -0.25) is 4.79 Å². The largest absolute Gasteiger partial charge is 0.477 e. The number of oxime groups is 1. The van der Waals surface area contributed by atoms with E-state index in [1.54, 1.807) is 11.9 Å². The number of carbonyl (C=O) groups excluding carboxylic acids is 1. The smallest absolute Gasteiger partial charge is 0.353 e. The average molecular weight is 242 g/mol. The Bertz CT molecular complexity index is 336. The highest BCUT2D eigenvalue weighted by molar-refractivity contribution is 6.36. The summed E-state index contributed by atoms with van der Waals surface area (Å²) in [6.07, 6.45) is 0.973. The van der Waals surface area contributed by atoms with Crippen LogP contribution in [0.1, 0.15) is 33.1 Å². The lowest BCUT2D eigenvalue weighted by Gasteiger charge is -2.27. The summed E-state index contributed by atoms with van der Waals surface area (Å²) in [7, 11) is 1.71. The summed E-state index contributed by atoms with van der Waals surface area (Å²) >= 11 is 0. The normalized spacial score (nSPS) is 18.8. The van der Waals surface area contributed by atoms with Crippen molar-refractivity contribution in [1.82, 2.24) is 4.90 Å². The first-order valence-corrected chi connectivity index (χ1v) is 5.73. The highest BCUT2D eigenvalue weighted by Gasteiger charge is 2.34. The van der Waals surface area contributed by atoms with Gasteiger partial charge in [-0.15, -0.1) is 0 Å². The van der Waals surface area contributed by atoms with E-state index in [4.69, 9.17) is 9.94 Å². The van der Waals surface area contributed by atoms with Gasteiger partial charge >= 0.3 is 5.97 Å². The van der Waals surface area contributed by atoms with Crippen LogP contribution in [0.25, 0.3) is 0 Å². The molecule has 0 radical (unpaired) electrons. The predicted molar refractivity (Wildman–Crippen MR) is 61.7 cm³/mol. The summed E-state index contributed by atoms with van der Waals surface area (Å²) in [5.74, 6) is -1.34. The van der Waals surface area contributed by atoms with E-state index in [0.29, 0.717) is 0 Å². The molecule has 1 aliphatic rings. The number of rotatable bonds is 5. The molecule has 0 aromatic carbocycles. The van der Waals surface area contributed by atoms with E-state index in [-0.39, 0.29) is 24.1 Å². The highest BCUT2D eigenvalue weighted by atomic mass is 16.6. The standard InChI is InChI=1S/C11H18N2O4/c1-4-7(5-2)13(3)10(14)9-6-8(11(15)16)12-17-9/h7,9H,4-6H2,1-3H3,(H,15,16). The molecule has 1 amide bonds. The maximum absolute atomic E-state index is 12.0. The Morgan fingerprint density at radius 3 is 2.53 bits per heavy atom. The van der Waals surface area contributed by atoms with Gasteiger partial charge in [0, 0.05) is 19.5 Å². The zero-order chi connectivity index (χ0) is 13.0. The van der Waals surface area contributed by atoms with Crippen molar-refractivity contribution in [3.8, 4) is 0 Å². The summed E-state index contributed by atoms with van der Waals surface area (Å²) in [6, 6.07) is 0.153. The van der Waals surface area contributed by atoms with Gasteiger partial charge in [0.05, 0.1) is 0 Å². The van der Waals surface area contributed by atoms with Gasteiger partial charge in [0.1, 0.15) is 0 Å². The molecule has 0 fully saturated rings. The molecule has 1 N–H and O–H groups in total. The minimum Gasteiger partial charge on any atom is -0.477 e. The first-order valence-electron chi connectivity index (χ1n) is 5.73. The number of nitrogens with zero attached hydrogens (tertiary/aromatic N) is 2. The SMILES string of the molecule is CCC(CC)N(C)C(=O)C1CC(C(=O)O)=NO1. The molecule has 0 aromatic heterocycles. The highest BCUT2D eigenvalue weighted by Crippen LogP contribution is 2.16. The first-order chi connectivity index (χ1) is 8.01. The molecular weight excluding hydrogens is 224 g/mol. The molecule has 0 saturated heterocycles. The zero-order valence-electron chi connectivity index (χ0n) is 10.3. The number of hydrogen-bond donors (Lipinski definition) is 1. The van der Waals surface area contributed by atoms with Crippen LogP contribution in [0.4, 0.5) is 0 Å². The molecule has 1 atom stereocenters. The molecule has 0 saturated carbocycles. The Kier molecular flexibility index (Phi) is 4.48. The number of likely N-dealkylation sites (N-methyl/N-ethyl adjacent to an activating group) is 1. The summed E-state index contributed by atoms with van der Waals surface area (Å²) in [5, 5.41) is 12.1. The van der Waals surface area contributed by atoms with Crippen LogP contribution in [0.15, 0.2) is 5.16 Å². The van der Waals surface area contributed by atoms with Crippen LogP contribution >= 0.6 is 0 Å². The molecule has 17 heavy (non-hydrogen) atoms. The average Bonchev–Trinajstić information content (AvgIpc) is 2.78. The summed E-state index contributed by atoms with van der Waals surface area (Å²) in [4.78, 5) is 29.1. The fraction of sp³-hybridized carbons (Fsp3) is 0.727. The number of carboxylic acids is 1. The zero-order valence-corrected chi connectivity index (χ0v) is 10.3. The molecule has 1 aliphatic heterocycles. The number of amides is 1. The fourth-order valence-corrected chi connectivity index (χ4v) is 1.88. The van der Waals surface area contributed by atoms with E-state index in [1.165, 1.54) is 0 Å². The second-order valence-corrected chi connectivity index (χ2v) is 4.06. The van der Waals surface area contributed by atoms with Crippen molar-refractivity contribution in [2.45, 2.75) is 45.3 Å². The molecule has 6 nitrogen and oxygen atoms in total. The van der Waals surface area contributed by atoms with Crippen LogP contribution in [-0.4, -0.2) is 46.8 Å². The molecular formula is C11H18N2O4. The number of aliphatic carboxylic acids is 1. The third-order valence-corrected chi connectivity index (χ3v) is 3.03. The van der Waals surface area contributed by atoms with Crippen LogP contribution in [0.5, 0.6) is 0 Å². The van der Waals surface area contributed by atoms with E-state index in [1.807, 2.05) is 13.8 Å². The van der Waals surface area contributed by atoms with Crippen LogP contribution in [-0.2, 0) is 14.4 Å². The van der Waals surface area contributed by atoms with Crippen molar-refractivity contribution in [2.24, 2.45) is 5.16 Å². The second kappa shape index (κ2) is 5.65. The van der Waals surface area contributed by atoms with Crippen molar-refractivity contribution >= 4 is 17.6 Å².